The lowest BCUT2D eigenvalue weighted by Crippen LogP contribution is -2.70. The van der Waals surface area contributed by atoms with Crippen molar-refractivity contribution >= 4 is 23.6 Å². The van der Waals surface area contributed by atoms with Crippen molar-refractivity contribution in [3.8, 4) is 23.0 Å². The van der Waals surface area contributed by atoms with E-state index in [-0.39, 0.29) is 70.3 Å². The largest absolute Gasteiger partial charge is 0.459 e. The Bertz CT molecular complexity index is 2300. The van der Waals surface area contributed by atoms with E-state index in [9.17, 15) is 29.9 Å². The van der Waals surface area contributed by atoms with Crippen molar-refractivity contribution in [1.29, 1.82) is 0 Å². The smallest absolute Gasteiger partial charge is 0.412 e. The molecule has 358 valence electrons. The Morgan fingerprint density at radius 2 is 1.72 bits per heavy atom. The van der Waals surface area contributed by atoms with Gasteiger partial charge in [0.25, 0.3) is 5.69 Å². The van der Waals surface area contributed by atoms with Crippen LogP contribution in [0.4, 0.5) is 15.3 Å². The molecule has 0 radical (unpaired) electrons. The van der Waals surface area contributed by atoms with Crippen LogP contribution in [0.15, 0.2) is 103 Å². The summed E-state index contributed by atoms with van der Waals surface area (Å²) >= 11 is 0. The zero-order chi connectivity index (χ0) is 47.3. The fourth-order valence-corrected chi connectivity index (χ4v) is 9.75. The third-order valence-electron chi connectivity index (χ3n) is 12.7. The highest BCUT2D eigenvalue weighted by Crippen LogP contribution is 2.62. The summed E-state index contributed by atoms with van der Waals surface area (Å²) in [6.07, 6.45) is 8.74. The highest BCUT2D eigenvalue weighted by molar-refractivity contribution is 6.03. The van der Waals surface area contributed by atoms with Crippen molar-refractivity contribution in [2.45, 2.75) is 89.2 Å². The van der Waals surface area contributed by atoms with E-state index in [1.165, 1.54) is 12.1 Å². The van der Waals surface area contributed by atoms with Crippen molar-refractivity contribution in [3.63, 3.8) is 0 Å². The van der Waals surface area contributed by atoms with Crippen molar-refractivity contribution in [1.82, 2.24) is 10.2 Å². The number of carbonyl (C=O) groups excluding carboxylic acids is 2. The minimum atomic E-state index is -1.61. The number of nitro groups is 1. The Labute approximate surface area is 390 Å². The van der Waals surface area contributed by atoms with Crippen LogP contribution in [0.3, 0.4) is 0 Å². The van der Waals surface area contributed by atoms with Crippen LogP contribution in [0.2, 0.25) is 0 Å². The van der Waals surface area contributed by atoms with E-state index >= 15 is 0 Å². The zero-order valence-corrected chi connectivity index (χ0v) is 37.8. The molecule has 17 heteroatoms. The lowest BCUT2D eigenvalue weighted by molar-refractivity contribution is -0.384. The Kier molecular flexibility index (Phi) is 16.5. The number of amides is 2. The number of nitro benzene ring substituents is 1. The maximum atomic E-state index is 14.8. The highest BCUT2D eigenvalue weighted by Gasteiger charge is 2.65. The van der Waals surface area contributed by atoms with Gasteiger partial charge in [-0.2, -0.15) is 0 Å². The van der Waals surface area contributed by atoms with E-state index in [1.54, 1.807) is 54.3 Å². The summed E-state index contributed by atoms with van der Waals surface area (Å²) in [5.41, 5.74) is 3.38. The number of rotatable bonds is 23. The first-order valence-corrected chi connectivity index (χ1v) is 23.0. The molecule has 3 aromatic rings. The van der Waals surface area contributed by atoms with Gasteiger partial charge in [-0.15, -0.1) is 13.2 Å². The van der Waals surface area contributed by atoms with Crippen molar-refractivity contribution < 1.29 is 58.0 Å². The number of nitrogens with zero attached hydrogens (tertiary/aromatic N) is 3. The first-order chi connectivity index (χ1) is 32.6. The van der Waals surface area contributed by atoms with E-state index < -0.39 is 40.8 Å². The van der Waals surface area contributed by atoms with Gasteiger partial charge in [0.15, 0.2) is 11.5 Å². The fraction of sp³-hybridized carbons (Fsp3) is 0.460. The standard InChI is InChI=1S/C50H60N4O13/c1-4-7-25-61-49(58)53(30-34-16-20-43-44(26-34)63-32-62-43)45-29-41(52-65-31-33-14-17-36(18-15-33)54(59)60)39-27-35(12-8-10-22-55)38(13-9-11-23-56)46-40-28-37(66-48(57)51-6-3)19-21-42(40)67-50(45,47(39)46)64-24-5-2/h4-5,14-21,26-28,35,38,45-47,55-56H,1-2,6-13,22-25,29-32H2,3H3,(H,51,57). The Hall–Kier alpha value is -6.43. The van der Waals surface area contributed by atoms with E-state index in [1.807, 2.05) is 18.2 Å². The van der Waals surface area contributed by atoms with Gasteiger partial charge in [0.1, 0.15) is 24.1 Å². The van der Waals surface area contributed by atoms with Crippen LogP contribution in [-0.2, 0) is 27.5 Å². The first-order valence-electron chi connectivity index (χ1n) is 23.0. The number of fused-ring (bicyclic) bond motifs is 3. The van der Waals surface area contributed by atoms with Crippen LogP contribution in [0, 0.1) is 27.9 Å². The van der Waals surface area contributed by atoms with Crippen LogP contribution >= 0.6 is 0 Å². The number of unbranched alkanes of at least 4 members (excludes halogenated alkanes) is 2. The number of oxime groups is 1. The topological polar surface area (TPSA) is 210 Å². The van der Waals surface area contributed by atoms with Gasteiger partial charge in [0.05, 0.1) is 29.8 Å². The summed E-state index contributed by atoms with van der Waals surface area (Å²) in [5.74, 6) is -0.976. The van der Waals surface area contributed by atoms with Gasteiger partial charge in [-0.25, -0.2) is 9.59 Å². The van der Waals surface area contributed by atoms with Crippen molar-refractivity contribution in [3.05, 3.63) is 124 Å². The maximum Gasteiger partial charge on any atom is 0.412 e. The number of nitrogens with one attached hydrogen (secondary N) is 1. The number of aliphatic hydroxyl groups is 2. The van der Waals surface area contributed by atoms with Gasteiger partial charge in [-0.1, -0.05) is 42.3 Å². The van der Waals surface area contributed by atoms with E-state index in [2.05, 4.69) is 24.6 Å². The number of ether oxygens (including phenoxy) is 6. The van der Waals surface area contributed by atoms with E-state index in [0.717, 1.165) is 24.0 Å². The predicted molar refractivity (Wildman–Crippen MR) is 247 cm³/mol. The number of hydrogen-bond acceptors (Lipinski definition) is 14. The lowest BCUT2D eigenvalue weighted by atomic mass is 9.55. The molecule has 17 nitrogen and oxygen atoms in total. The second-order valence-electron chi connectivity index (χ2n) is 16.9. The first kappa shape index (κ1) is 48.5. The SMILES string of the molecule is C=CCCOC(=O)N(Cc1ccc2c(c1)OCO2)C1CC(=NOCc2ccc([N+](=O)[O-])cc2)C2=CC(CCCCO)C(CCCCO)C3c4cc(OC(=O)NCC)ccc4OC1(OCC=C)C23. The lowest BCUT2D eigenvalue weighted by Gasteiger charge is -2.59. The molecule has 2 aliphatic carbocycles. The van der Waals surface area contributed by atoms with Gasteiger partial charge < -0.3 is 48.8 Å². The average molecular weight is 925 g/mol. The normalized spacial score (nSPS) is 22.6. The molecule has 3 aromatic carbocycles. The molecule has 6 atom stereocenters. The molecule has 0 saturated heterocycles. The Morgan fingerprint density at radius 3 is 2.45 bits per heavy atom. The molecule has 0 bridgehead atoms. The van der Waals surface area contributed by atoms with Crippen LogP contribution in [0.1, 0.15) is 80.9 Å². The molecule has 6 unspecified atom stereocenters. The highest BCUT2D eigenvalue weighted by atomic mass is 16.7. The molecule has 0 aromatic heterocycles. The molecule has 1 saturated carbocycles. The number of carbonyl (C=O) groups is 2. The number of non-ortho nitro benzene ring substituents is 1. The van der Waals surface area contributed by atoms with Crippen molar-refractivity contribution in [2.75, 3.05) is 39.8 Å². The quantitative estimate of drug-likeness (QED) is 0.0353. The summed E-state index contributed by atoms with van der Waals surface area (Å²) in [6.45, 7) is 10.2. The van der Waals surface area contributed by atoms with Gasteiger partial charge in [-0.3, -0.25) is 15.0 Å². The number of allylic oxidation sites excluding steroid dienone is 1. The van der Waals surface area contributed by atoms with Crippen molar-refractivity contribution in [2.24, 2.45) is 22.9 Å². The molecular weight excluding hydrogens is 865 g/mol. The van der Waals surface area contributed by atoms with Gasteiger partial charge in [0, 0.05) is 56.3 Å². The van der Waals surface area contributed by atoms with Crippen LogP contribution < -0.4 is 24.3 Å². The molecule has 67 heavy (non-hydrogen) atoms. The molecule has 7 rings (SSSR count). The molecule has 1 fully saturated rings. The fourth-order valence-electron chi connectivity index (χ4n) is 9.75. The predicted octanol–water partition coefficient (Wildman–Crippen LogP) is 8.48. The van der Waals surface area contributed by atoms with Crippen LogP contribution in [0.5, 0.6) is 23.0 Å². The monoisotopic (exact) mass is 924 g/mol. The molecule has 3 N–H and O–H groups in total. The maximum absolute atomic E-state index is 14.8. The second-order valence-corrected chi connectivity index (χ2v) is 16.9. The summed E-state index contributed by atoms with van der Waals surface area (Å²) < 4.78 is 37.5. The van der Waals surface area contributed by atoms with E-state index in [4.69, 9.17) is 38.4 Å². The second kappa shape index (κ2) is 22.8. The number of aliphatic hydroxyl groups excluding tert-OH is 2. The molecule has 0 spiro atoms. The minimum absolute atomic E-state index is 0.0142. The van der Waals surface area contributed by atoms with Gasteiger partial charge in [-0.05, 0) is 110 Å². The van der Waals surface area contributed by atoms with E-state index in [0.29, 0.717) is 78.5 Å². The molecule has 2 aliphatic heterocycles. The Balaban J connectivity index is 1.44. The summed E-state index contributed by atoms with van der Waals surface area (Å²) in [5, 5.41) is 38.9. The summed E-state index contributed by atoms with van der Waals surface area (Å²) in [7, 11) is 0. The van der Waals surface area contributed by atoms with Crippen LogP contribution in [0.25, 0.3) is 0 Å². The third-order valence-corrected chi connectivity index (χ3v) is 12.7. The van der Waals surface area contributed by atoms with Gasteiger partial charge >= 0.3 is 12.2 Å². The molecular formula is C50H60N4O13. The average Bonchev–Trinajstić information content (AvgIpc) is 3.80. The van der Waals surface area contributed by atoms with Gasteiger partial charge in [0.2, 0.25) is 12.6 Å². The zero-order valence-electron chi connectivity index (χ0n) is 37.8. The summed E-state index contributed by atoms with van der Waals surface area (Å²) in [4.78, 5) is 46.3. The number of benzene rings is 3. The molecule has 4 aliphatic rings. The van der Waals surface area contributed by atoms with Crippen LogP contribution in [-0.4, -0.2) is 89.5 Å². The third kappa shape index (κ3) is 11.1. The number of hydrogen-bond donors (Lipinski definition) is 3. The molecule has 2 heterocycles. The summed E-state index contributed by atoms with van der Waals surface area (Å²) in [6, 6.07) is 15.8. The Morgan fingerprint density at radius 1 is 0.970 bits per heavy atom. The molecule has 2 amide bonds. The minimum Gasteiger partial charge on any atom is -0.459 e.